The Balaban J connectivity index is 1.59. The molecule has 1 aromatic heterocycles. The van der Waals surface area contributed by atoms with Crippen LogP contribution in [0.15, 0.2) is 59.5 Å². The minimum absolute atomic E-state index is 0.154. The van der Waals surface area contributed by atoms with E-state index in [1.165, 1.54) is 16.4 Å². The molecule has 2 aromatic carbocycles. The third-order valence-corrected chi connectivity index (χ3v) is 10.5. The van der Waals surface area contributed by atoms with Crippen LogP contribution in [0.3, 0.4) is 0 Å². The molecule has 10 heteroatoms. The van der Waals surface area contributed by atoms with Crippen LogP contribution < -0.4 is 9.47 Å². The van der Waals surface area contributed by atoms with Crippen molar-refractivity contribution in [2.45, 2.75) is 62.9 Å². The molecule has 1 heterocycles. The van der Waals surface area contributed by atoms with Gasteiger partial charge in [0.1, 0.15) is 0 Å². The van der Waals surface area contributed by atoms with Crippen LogP contribution in [-0.4, -0.2) is 56.9 Å². The van der Waals surface area contributed by atoms with E-state index in [9.17, 15) is 13.2 Å². The zero-order chi connectivity index (χ0) is 28.7. The van der Waals surface area contributed by atoms with E-state index in [1.54, 1.807) is 42.6 Å². The van der Waals surface area contributed by atoms with Crippen molar-refractivity contribution in [2.75, 3.05) is 27.3 Å². The number of rotatable bonds is 12. The van der Waals surface area contributed by atoms with Gasteiger partial charge in [-0.1, -0.05) is 36.9 Å². The lowest BCUT2D eigenvalue weighted by molar-refractivity contribution is -0.132. The van der Waals surface area contributed by atoms with E-state index in [2.05, 4.69) is 0 Å². The first kappa shape index (κ1) is 30.4. The van der Waals surface area contributed by atoms with Gasteiger partial charge in [-0.2, -0.15) is 4.31 Å². The number of amides is 1. The number of nitrogens with zero attached hydrogens (tertiary/aromatic N) is 2. The Bertz CT molecular complexity index is 1390. The lowest BCUT2D eigenvalue weighted by Crippen LogP contribution is -2.48. The maximum atomic E-state index is 13.9. The Kier molecular flexibility index (Phi) is 10.5. The molecular formula is C30H37ClN2O5S2. The quantitative estimate of drug-likeness (QED) is 0.242. The summed E-state index contributed by atoms with van der Waals surface area (Å²) in [5, 5.41) is 0.465. The smallest absolute Gasteiger partial charge is 0.243 e. The molecule has 4 rings (SSSR count). The fourth-order valence-electron chi connectivity index (χ4n) is 5.10. The minimum Gasteiger partial charge on any atom is -0.493 e. The predicted molar refractivity (Wildman–Crippen MR) is 160 cm³/mol. The number of ether oxygens (including phenoxy) is 2. The molecule has 216 valence electrons. The number of thiophene rings is 1. The monoisotopic (exact) mass is 604 g/mol. The Morgan fingerprint density at radius 3 is 2.30 bits per heavy atom. The Morgan fingerprint density at radius 2 is 1.68 bits per heavy atom. The van der Waals surface area contributed by atoms with Gasteiger partial charge in [0.2, 0.25) is 15.9 Å². The second kappa shape index (κ2) is 13.9. The molecule has 0 bridgehead atoms. The van der Waals surface area contributed by atoms with Crippen molar-refractivity contribution in [3.63, 3.8) is 0 Å². The zero-order valence-electron chi connectivity index (χ0n) is 23.3. The van der Waals surface area contributed by atoms with E-state index in [0.717, 1.165) is 47.4 Å². The molecule has 0 radical (unpaired) electrons. The van der Waals surface area contributed by atoms with Gasteiger partial charge in [0, 0.05) is 27.4 Å². The molecule has 1 fully saturated rings. The van der Waals surface area contributed by atoms with Crippen LogP contribution in [0.5, 0.6) is 11.5 Å². The third kappa shape index (κ3) is 7.57. The molecule has 0 aliphatic heterocycles. The van der Waals surface area contributed by atoms with Crippen molar-refractivity contribution in [1.82, 2.24) is 9.21 Å². The molecule has 0 atom stereocenters. The lowest BCUT2D eigenvalue weighted by Gasteiger charge is -2.34. The van der Waals surface area contributed by atoms with Gasteiger partial charge < -0.3 is 14.4 Å². The number of benzene rings is 2. The first-order valence-electron chi connectivity index (χ1n) is 13.5. The largest absolute Gasteiger partial charge is 0.493 e. The standard InChI is InChI=1S/C30H37ClN2O5S2/c1-22-9-13-26(39-22)20-32(18-17-23-10-16-28(37-2)29(19-23)38-3)30(34)21-33(25-7-5-4-6-8-25)40(35,36)27-14-11-24(31)12-15-27/h9-16,19,25H,4-8,17-18,20-21H2,1-3H3. The van der Waals surface area contributed by atoms with Gasteiger partial charge in [-0.05, 0) is 80.3 Å². The predicted octanol–water partition coefficient (Wildman–Crippen LogP) is 6.32. The lowest BCUT2D eigenvalue weighted by atomic mass is 9.95. The molecule has 0 saturated heterocycles. The first-order chi connectivity index (χ1) is 19.2. The molecule has 40 heavy (non-hydrogen) atoms. The Hall–Kier alpha value is -2.59. The average molecular weight is 605 g/mol. The highest BCUT2D eigenvalue weighted by Gasteiger charge is 2.35. The number of carbonyl (C=O) groups is 1. The van der Waals surface area contributed by atoms with E-state index >= 15 is 0 Å². The number of sulfonamides is 1. The van der Waals surface area contributed by atoms with E-state index < -0.39 is 10.0 Å². The van der Waals surface area contributed by atoms with Gasteiger partial charge in [-0.25, -0.2) is 8.42 Å². The number of hydrogen-bond donors (Lipinski definition) is 0. The second-order valence-corrected chi connectivity index (χ2v) is 13.8. The van der Waals surface area contributed by atoms with Crippen LogP contribution >= 0.6 is 22.9 Å². The van der Waals surface area contributed by atoms with Crippen molar-refractivity contribution >= 4 is 38.9 Å². The summed E-state index contributed by atoms with van der Waals surface area (Å²) in [5.41, 5.74) is 0.996. The summed E-state index contributed by atoms with van der Waals surface area (Å²) in [4.78, 5) is 18.1. The van der Waals surface area contributed by atoms with Gasteiger partial charge in [-0.15, -0.1) is 11.3 Å². The molecule has 7 nitrogen and oxygen atoms in total. The number of aryl methyl sites for hydroxylation is 1. The molecule has 0 N–H and O–H groups in total. The van der Waals surface area contributed by atoms with Crippen LogP contribution in [0, 0.1) is 6.92 Å². The van der Waals surface area contributed by atoms with Gasteiger partial charge in [0.15, 0.2) is 11.5 Å². The molecule has 1 aliphatic carbocycles. The molecule has 3 aromatic rings. The van der Waals surface area contributed by atoms with E-state index in [4.69, 9.17) is 21.1 Å². The highest BCUT2D eigenvalue weighted by Crippen LogP contribution is 2.30. The Morgan fingerprint density at radius 1 is 0.975 bits per heavy atom. The molecule has 0 unspecified atom stereocenters. The van der Waals surface area contributed by atoms with E-state index in [1.807, 2.05) is 37.3 Å². The highest BCUT2D eigenvalue weighted by molar-refractivity contribution is 7.89. The summed E-state index contributed by atoms with van der Waals surface area (Å²) in [6.45, 7) is 2.69. The van der Waals surface area contributed by atoms with Crippen molar-refractivity contribution < 1.29 is 22.7 Å². The molecular weight excluding hydrogens is 568 g/mol. The van der Waals surface area contributed by atoms with E-state index in [0.29, 0.717) is 36.0 Å². The van der Waals surface area contributed by atoms with Crippen molar-refractivity contribution in [3.8, 4) is 11.5 Å². The van der Waals surface area contributed by atoms with Gasteiger partial charge in [0.05, 0.1) is 32.2 Å². The van der Waals surface area contributed by atoms with Crippen LogP contribution in [0.1, 0.15) is 47.4 Å². The number of hydrogen-bond acceptors (Lipinski definition) is 6. The fourth-order valence-corrected chi connectivity index (χ4v) is 7.77. The zero-order valence-corrected chi connectivity index (χ0v) is 25.7. The summed E-state index contributed by atoms with van der Waals surface area (Å²) in [7, 11) is -0.710. The van der Waals surface area contributed by atoms with Crippen LogP contribution in [0.25, 0.3) is 0 Å². The van der Waals surface area contributed by atoms with Crippen LogP contribution in [0.2, 0.25) is 5.02 Å². The summed E-state index contributed by atoms with van der Waals surface area (Å²) in [6, 6.07) is 15.8. The normalized spacial score (nSPS) is 14.3. The van der Waals surface area contributed by atoms with Gasteiger partial charge in [-0.3, -0.25) is 4.79 Å². The molecule has 1 amide bonds. The maximum Gasteiger partial charge on any atom is 0.243 e. The number of halogens is 1. The molecule has 1 saturated carbocycles. The average Bonchev–Trinajstić information content (AvgIpc) is 3.38. The summed E-state index contributed by atoms with van der Waals surface area (Å²) < 4.78 is 40.0. The fraction of sp³-hybridized carbons (Fsp3) is 0.433. The van der Waals surface area contributed by atoms with Gasteiger partial charge >= 0.3 is 0 Å². The SMILES string of the molecule is COc1ccc(CCN(Cc2ccc(C)s2)C(=O)CN(C2CCCCC2)S(=O)(=O)c2ccc(Cl)cc2)cc1OC. The summed E-state index contributed by atoms with van der Waals surface area (Å²) in [6.07, 6.45) is 5.05. The second-order valence-electron chi connectivity index (χ2n) is 10.1. The van der Waals surface area contributed by atoms with Crippen LogP contribution in [-0.2, 0) is 27.8 Å². The third-order valence-electron chi connectivity index (χ3n) is 7.31. The van der Waals surface area contributed by atoms with Gasteiger partial charge in [0.25, 0.3) is 0 Å². The van der Waals surface area contributed by atoms with Crippen molar-refractivity contribution in [3.05, 3.63) is 74.9 Å². The topological polar surface area (TPSA) is 76.2 Å². The summed E-state index contributed by atoms with van der Waals surface area (Å²) in [5.74, 6) is 1.06. The molecule has 0 spiro atoms. The summed E-state index contributed by atoms with van der Waals surface area (Å²) >= 11 is 7.67. The first-order valence-corrected chi connectivity index (χ1v) is 16.2. The van der Waals surface area contributed by atoms with Crippen molar-refractivity contribution in [2.24, 2.45) is 0 Å². The molecule has 1 aliphatic rings. The van der Waals surface area contributed by atoms with E-state index in [-0.39, 0.29) is 23.4 Å². The van der Waals surface area contributed by atoms with Crippen LogP contribution in [0.4, 0.5) is 0 Å². The number of methoxy groups -OCH3 is 2. The Labute approximate surface area is 246 Å². The highest BCUT2D eigenvalue weighted by atomic mass is 35.5. The maximum absolute atomic E-state index is 13.9. The number of carbonyl (C=O) groups excluding carboxylic acids is 1. The minimum atomic E-state index is -3.90. The van der Waals surface area contributed by atoms with Crippen molar-refractivity contribution in [1.29, 1.82) is 0 Å².